The number of anilines is 1. The summed E-state index contributed by atoms with van der Waals surface area (Å²) in [4.78, 5) is 0. The molecule has 0 unspecified atom stereocenters. The van der Waals surface area contributed by atoms with E-state index < -0.39 is 0 Å². The maximum Gasteiger partial charge on any atom is 0.169 e. The highest BCUT2D eigenvalue weighted by atomic mass is 32.1. The third kappa shape index (κ3) is 4.10. The van der Waals surface area contributed by atoms with Gasteiger partial charge in [-0.15, -0.1) is 0 Å². The van der Waals surface area contributed by atoms with E-state index in [4.69, 9.17) is 0 Å². The molecule has 0 aliphatic carbocycles. The van der Waals surface area contributed by atoms with Gasteiger partial charge in [-0.05, 0) is 18.6 Å². The van der Waals surface area contributed by atoms with Crippen LogP contribution in [0.5, 0.6) is 0 Å². The molecule has 4 heteroatoms. The summed E-state index contributed by atoms with van der Waals surface area (Å²) in [7, 11) is 0. The van der Waals surface area contributed by atoms with Crippen LogP contribution < -0.4 is 9.99 Å². The van der Waals surface area contributed by atoms with Gasteiger partial charge in [-0.3, -0.25) is 5.43 Å². The van der Waals surface area contributed by atoms with Crippen molar-refractivity contribution in [1.29, 1.82) is 0 Å². The smallest absolute Gasteiger partial charge is 0.169 e. The summed E-state index contributed by atoms with van der Waals surface area (Å²) in [5.41, 5.74) is 6.33. The summed E-state index contributed by atoms with van der Waals surface area (Å²) in [5.74, 6) is 0.840. The predicted molar refractivity (Wildman–Crippen MR) is 82.9 cm³/mol. The Bertz CT molecular complexity index is 550. The van der Waals surface area contributed by atoms with Crippen LogP contribution in [-0.2, 0) is 6.54 Å². The van der Waals surface area contributed by atoms with Crippen molar-refractivity contribution in [3.8, 4) is 0 Å². The summed E-state index contributed by atoms with van der Waals surface area (Å²) >= 11 is 4.21. The highest BCUT2D eigenvalue weighted by molar-refractivity contribution is 7.80. The van der Waals surface area contributed by atoms with Crippen LogP contribution in [-0.4, -0.2) is 12.0 Å². The lowest BCUT2D eigenvalue weighted by atomic mass is 10.2. The number of thiol groups is 1. The summed E-state index contributed by atoms with van der Waals surface area (Å²) in [5, 5.41) is 4.25. The zero-order valence-electron chi connectivity index (χ0n) is 11.0. The summed E-state index contributed by atoms with van der Waals surface area (Å²) in [6.07, 6.45) is 5.88. The predicted octanol–water partition coefficient (Wildman–Crippen LogP) is 2.66. The molecule has 98 valence electrons. The van der Waals surface area contributed by atoms with Crippen LogP contribution >= 0.6 is 12.6 Å². The average molecular weight is 272 g/mol. The number of benzene rings is 1. The van der Waals surface area contributed by atoms with Crippen molar-refractivity contribution in [2.75, 3.05) is 11.2 Å². The minimum atomic E-state index is 0.840. The van der Waals surface area contributed by atoms with Gasteiger partial charge in [0.25, 0.3) is 0 Å². The lowest BCUT2D eigenvalue weighted by Gasteiger charge is -2.03. The van der Waals surface area contributed by atoms with Gasteiger partial charge in [0.2, 0.25) is 0 Å². The fourth-order valence-electron chi connectivity index (χ4n) is 1.69. The van der Waals surface area contributed by atoms with Crippen molar-refractivity contribution in [2.45, 2.75) is 13.5 Å². The number of pyridine rings is 1. The van der Waals surface area contributed by atoms with Gasteiger partial charge in [0, 0.05) is 23.4 Å². The van der Waals surface area contributed by atoms with Gasteiger partial charge in [0.1, 0.15) is 0 Å². The van der Waals surface area contributed by atoms with E-state index in [0.717, 1.165) is 23.5 Å². The quantitative estimate of drug-likeness (QED) is 0.372. The molecule has 0 amide bonds. The minimum absolute atomic E-state index is 0.840. The first kappa shape index (κ1) is 13.6. The van der Waals surface area contributed by atoms with Gasteiger partial charge in [-0.2, -0.15) is 17.7 Å². The Morgan fingerprint density at radius 3 is 2.63 bits per heavy atom. The van der Waals surface area contributed by atoms with Crippen LogP contribution in [0.25, 0.3) is 0 Å². The Morgan fingerprint density at radius 1 is 1.21 bits per heavy atom. The number of rotatable bonds is 5. The molecule has 2 rings (SSSR count). The average Bonchev–Trinajstić information content (AvgIpc) is 2.43. The lowest BCUT2D eigenvalue weighted by molar-refractivity contribution is -0.692. The first-order valence-corrected chi connectivity index (χ1v) is 6.87. The maximum atomic E-state index is 4.25. The van der Waals surface area contributed by atoms with Crippen molar-refractivity contribution in [1.82, 2.24) is 0 Å². The van der Waals surface area contributed by atoms with Crippen molar-refractivity contribution in [3.05, 3.63) is 59.9 Å². The van der Waals surface area contributed by atoms with E-state index in [-0.39, 0.29) is 0 Å². The van der Waals surface area contributed by atoms with Crippen LogP contribution in [0.15, 0.2) is 53.9 Å². The molecule has 0 saturated carbocycles. The van der Waals surface area contributed by atoms with Crippen LogP contribution in [0.1, 0.15) is 11.1 Å². The first-order valence-electron chi connectivity index (χ1n) is 6.24. The molecule has 2 aromatic rings. The Hall–Kier alpha value is -1.81. The Labute approximate surface area is 119 Å². The third-order valence-corrected chi connectivity index (χ3v) is 3.02. The molecular formula is C15H18N3S+. The Balaban J connectivity index is 1.97. The number of nitrogens with one attached hydrogen (secondary N) is 1. The molecular weight excluding hydrogens is 254 g/mol. The van der Waals surface area contributed by atoms with Gasteiger partial charge in [0.15, 0.2) is 18.9 Å². The molecule has 0 saturated heterocycles. The second-order valence-electron chi connectivity index (χ2n) is 4.28. The summed E-state index contributed by atoms with van der Waals surface area (Å²) < 4.78 is 2.10. The van der Waals surface area contributed by atoms with Crippen LogP contribution in [0.3, 0.4) is 0 Å². The molecule has 3 nitrogen and oxygen atoms in total. The Kier molecular flexibility index (Phi) is 4.98. The number of para-hydroxylation sites is 1. The largest absolute Gasteiger partial charge is 0.278 e. The molecule has 1 aromatic carbocycles. The zero-order chi connectivity index (χ0) is 13.5. The van der Waals surface area contributed by atoms with E-state index >= 15 is 0 Å². The van der Waals surface area contributed by atoms with Crippen molar-refractivity contribution >= 4 is 24.5 Å². The van der Waals surface area contributed by atoms with Gasteiger partial charge in [0.05, 0.1) is 11.9 Å². The van der Waals surface area contributed by atoms with Crippen LogP contribution in [0.2, 0.25) is 0 Å². The van der Waals surface area contributed by atoms with Gasteiger partial charge in [-0.1, -0.05) is 18.2 Å². The number of hydrazone groups is 1. The van der Waals surface area contributed by atoms with Crippen molar-refractivity contribution < 1.29 is 4.57 Å². The van der Waals surface area contributed by atoms with Crippen LogP contribution in [0, 0.1) is 6.92 Å². The SMILES string of the molecule is Cc1ccccc1NN=Cc1cc[n+](CCS)cc1. The van der Waals surface area contributed by atoms with E-state index in [2.05, 4.69) is 40.7 Å². The number of nitrogens with zero attached hydrogens (tertiary/aromatic N) is 2. The minimum Gasteiger partial charge on any atom is -0.278 e. The molecule has 1 N–H and O–H groups in total. The van der Waals surface area contributed by atoms with E-state index in [9.17, 15) is 0 Å². The van der Waals surface area contributed by atoms with Gasteiger partial charge >= 0.3 is 0 Å². The number of aryl methyl sites for hydroxylation is 2. The number of aromatic nitrogens is 1. The topological polar surface area (TPSA) is 28.3 Å². The lowest BCUT2D eigenvalue weighted by Crippen LogP contribution is -2.33. The monoisotopic (exact) mass is 272 g/mol. The number of hydrogen-bond acceptors (Lipinski definition) is 3. The van der Waals surface area contributed by atoms with E-state index in [1.54, 1.807) is 0 Å². The van der Waals surface area contributed by atoms with E-state index in [0.29, 0.717) is 0 Å². The molecule has 0 radical (unpaired) electrons. The Morgan fingerprint density at radius 2 is 1.95 bits per heavy atom. The second kappa shape index (κ2) is 6.95. The number of hydrogen-bond donors (Lipinski definition) is 2. The molecule has 1 heterocycles. The molecule has 0 fully saturated rings. The van der Waals surface area contributed by atoms with Crippen molar-refractivity contribution in [2.24, 2.45) is 5.10 Å². The molecule has 0 atom stereocenters. The summed E-state index contributed by atoms with van der Waals surface area (Å²) in [6, 6.07) is 12.1. The van der Waals surface area contributed by atoms with E-state index in [1.165, 1.54) is 5.56 Å². The highest BCUT2D eigenvalue weighted by Crippen LogP contribution is 2.12. The third-order valence-electron chi connectivity index (χ3n) is 2.82. The molecule has 0 spiro atoms. The maximum absolute atomic E-state index is 4.25. The van der Waals surface area contributed by atoms with Crippen LogP contribution in [0.4, 0.5) is 5.69 Å². The van der Waals surface area contributed by atoms with Crippen molar-refractivity contribution in [3.63, 3.8) is 0 Å². The molecule has 0 bridgehead atoms. The van der Waals surface area contributed by atoms with Gasteiger partial charge < -0.3 is 0 Å². The fourth-order valence-corrected chi connectivity index (χ4v) is 1.93. The summed E-state index contributed by atoms with van der Waals surface area (Å²) in [6.45, 7) is 2.97. The zero-order valence-corrected chi connectivity index (χ0v) is 11.8. The van der Waals surface area contributed by atoms with Gasteiger partial charge in [-0.25, -0.2) is 4.57 Å². The highest BCUT2D eigenvalue weighted by Gasteiger charge is 1.97. The first-order chi connectivity index (χ1) is 9.29. The normalized spacial score (nSPS) is 10.8. The molecule has 0 aliphatic heterocycles. The molecule has 19 heavy (non-hydrogen) atoms. The standard InChI is InChI=1S/C15H17N3S/c1-13-4-2-3-5-15(13)17-16-12-14-6-8-18(9-7-14)10-11-19/h2-9,12,19H,10-11H2,1H3/p+1. The van der Waals surface area contributed by atoms with E-state index in [1.807, 2.05) is 48.9 Å². The second-order valence-corrected chi connectivity index (χ2v) is 4.73. The fraction of sp³-hybridized carbons (Fsp3) is 0.200. The molecule has 1 aromatic heterocycles. The molecule has 0 aliphatic rings.